The van der Waals surface area contributed by atoms with E-state index in [1.807, 2.05) is 6.07 Å². The van der Waals surface area contributed by atoms with E-state index in [4.69, 9.17) is 10.5 Å². The number of hydrogen-bond acceptors (Lipinski definition) is 3. The highest BCUT2D eigenvalue weighted by atomic mass is 16.5. The summed E-state index contributed by atoms with van der Waals surface area (Å²) >= 11 is 0. The lowest BCUT2D eigenvalue weighted by atomic mass is 10.0. The predicted molar refractivity (Wildman–Crippen MR) is 74.7 cm³/mol. The zero-order valence-corrected chi connectivity index (χ0v) is 11.4. The molecule has 104 valence electrons. The first kappa shape index (κ1) is 14.0. The lowest BCUT2D eigenvalue weighted by Crippen LogP contribution is -2.49. The van der Waals surface area contributed by atoms with Gasteiger partial charge in [-0.15, -0.1) is 0 Å². The maximum Gasteiger partial charge on any atom is 0.247 e. The van der Waals surface area contributed by atoms with E-state index in [-0.39, 0.29) is 5.91 Å². The summed E-state index contributed by atoms with van der Waals surface area (Å²) < 4.78 is 5.35. The summed E-state index contributed by atoms with van der Waals surface area (Å²) in [5.41, 5.74) is 6.65. The van der Waals surface area contributed by atoms with Crippen molar-refractivity contribution in [1.82, 2.24) is 4.90 Å². The van der Waals surface area contributed by atoms with Crippen molar-refractivity contribution in [3.63, 3.8) is 0 Å². The van der Waals surface area contributed by atoms with Crippen molar-refractivity contribution in [3.05, 3.63) is 35.9 Å². The molecule has 1 aliphatic rings. The van der Waals surface area contributed by atoms with Crippen molar-refractivity contribution < 1.29 is 9.53 Å². The van der Waals surface area contributed by atoms with E-state index < -0.39 is 6.10 Å². The minimum Gasteiger partial charge on any atom is -0.367 e. The fourth-order valence-corrected chi connectivity index (χ4v) is 2.56. The highest BCUT2D eigenvalue weighted by Crippen LogP contribution is 2.12. The Balaban J connectivity index is 1.82. The third-order valence-electron chi connectivity index (χ3n) is 3.46. The zero-order chi connectivity index (χ0) is 13.7. The highest BCUT2D eigenvalue weighted by Gasteiger charge is 2.25. The summed E-state index contributed by atoms with van der Waals surface area (Å²) in [5, 5.41) is 0. The molecule has 2 atom stereocenters. The van der Waals surface area contributed by atoms with Crippen LogP contribution in [0.25, 0.3) is 0 Å². The monoisotopic (exact) mass is 262 g/mol. The molecule has 0 saturated carbocycles. The summed E-state index contributed by atoms with van der Waals surface area (Å²) in [4.78, 5) is 13.4. The van der Waals surface area contributed by atoms with Gasteiger partial charge in [0.25, 0.3) is 0 Å². The first-order chi connectivity index (χ1) is 9.15. The molecule has 1 amide bonds. The quantitative estimate of drug-likeness (QED) is 0.863. The number of benzene rings is 1. The summed E-state index contributed by atoms with van der Waals surface area (Å²) in [6, 6.07) is 10.5. The molecule has 0 aliphatic carbocycles. The Morgan fingerprint density at radius 2 is 2.21 bits per heavy atom. The number of morpholine rings is 1. The van der Waals surface area contributed by atoms with Crippen molar-refractivity contribution in [3.8, 4) is 0 Å². The first-order valence-corrected chi connectivity index (χ1v) is 6.82. The first-order valence-electron chi connectivity index (χ1n) is 6.82. The van der Waals surface area contributed by atoms with Crippen LogP contribution in [0.3, 0.4) is 0 Å². The molecule has 4 nitrogen and oxygen atoms in total. The fraction of sp³-hybridized carbons (Fsp3) is 0.533. The second kappa shape index (κ2) is 6.68. The number of hydrogen-bond donors (Lipinski definition) is 1. The molecule has 0 radical (unpaired) electrons. The van der Waals surface area contributed by atoms with Crippen molar-refractivity contribution in [2.75, 3.05) is 26.2 Å². The van der Waals surface area contributed by atoms with Crippen LogP contribution in [0.4, 0.5) is 0 Å². The zero-order valence-electron chi connectivity index (χ0n) is 11.4. The van der Waals surface area contributed by atoms with E-state index in [1.165, 1.54) is 5.56 Å². The SMILES string of the molecule is C[C@@H](Cc1ccccc1)CN1CCO[C@@H](C(N)=O)C1. The molecule has 0 spiro atoms. The molecule has 0 aromatic heterocycles. The van der Waals surface area contributed by atoms with Crippen LogP contribution in [0.5, 0.6) is 0 Å². The van der Waals surface area contributed by atoms with E-state index in [9.17, 15) is 4.79 Å². The van der Waals surface area contributed by atoms with Crippen LogP contribution < -0.4 is 5.73 Å². The number of nitrogens with two attached hydrogens (primary N) is 1. The summed E-state index contributed by atoms with van der Waals surface area (Å²) in [6.07, 6.45) is 0.608. The molecule has 1 aromatic carbocycles. The van der Waals surface area contributed by atoms with Crippen LogP contribution in [0.15, 0.2) is 30.3 Å². The highest BCUT2D eigenvalue weighted by molar-refractivity contribution is 5.79. The minimum absolute atomic E-state index is 0.361. The number of nitrogens with zero attached hydrogens (tertiary/aromatic N) is 1. The van der Waals surface area contributed by atoms with Crippen molar-refractivity contribution in [1.29, 1.82) is 0 Å². The third-order valence-corrected chi connectivity index (χ3v) is 3.46. The maximum atomic E-state index is 11.1. The summed E-state index contributed by atoms with van der Waals surface area (Å²) in [5.74, 6) is 0.189. The summed E-state index contributed by atoms with van der Waals surface area (Å²) in [7, 11) is 0. The Hall–Kier alpha value is -1.39. The Bertz CT molecular complexity index is 408. The number of carbonyl (C=O) groups is 1. The average molecular weight is 262 g/mol. The topological polar surface area (TPSA) is 55.6 Å². The van der Waals surface area contributed by atoms with Crippen LogP contribution in [0, 0.1) is 5.92 Å². The molecule has 0 bridgehead atoms. The minimum atomic E-state index is -0.447. The van der Waals surface area contributed by atoms with Gasteiger partial charge in [0.2, 0.25) is 5.91 Å². The largest absolute Gasteiger partial charge is 0.367 e. The van der Waals surface area contributed by atoms with Gasteiger partial charge in [-0.3, -0.25) is 9.69 Å². The Morgan fingerprint density at radius 1 is 1.47 bits per heavy atom. The van der Waals surface area contributed by atoms with E-state index in [0.717, 1.165) is 19.5 Å². The third kappa shape index (κ3) is 4.33. The van der Waals surface area contributed by atoms with Crippen molar-refractivity contribution in [2.24, 2.45) is 11.7 Å². The second-order valence-electron chi connectivity index (χ2n) is 5.32. The Morgan fingerprint density at radius 3 is 2.89 bits per heavy atom. The van der Waals surface area contributed by atoms with Crippen LogP contribution in [0.1, 0.15) is 12.5 Å². The molecule has 1 fully saturated rings. The van der Waals surface area contributed by atoms with E-state index in [1.54, 1.807) is 0 Å². The van der Waals surface area contributed by atoms with Crippen LogP contribution in [-0.2, 0) is 16.0 Å². The molecule has 1 aliphatic heterocycles. The van der Waals surface area contributed by atoms with Crippen molar-refractivity contribution >= 4 is 5.91 Å². The van der Waals surface area contributed by atoms with Crippen molar-refractivity contribution in [2.45, 2.75) is 19.4 Å². The molecule has 19 heavy (non-hydrogen) atoms. The second-order valence-corrected chi connectivity index (χ2v) is 5.32. The normalized spacial score (nSPS) is 22.1. The molecule has 1 heterocycles. The molecule has 4 heteroatoms. The van der Waals surface area contributed by atoms with Gasteiger partial charge in [0.05, 0.1) is 6.61 Å². The lowest BCUT2D eigenvalue weighted by molar-refractivity contribution is -0.135. The van der Waals surface area contributed by atoms with Gasteiger partial charge in [-0.2, -0.15) is 0 Å². The number of rotatable bonds is 5. The molecule has 2 rings (SSSR count). The molecule has 1 saturated heterocycles. The van der Waals surface area contributed by atoms with Gasteiger partial charge in [-0.1, -0.05) is 37.3 Å². The Labute approximate surface area is 114 Å². The van der Waals surface area contributed by atoms with Gasteiger partial charge >= 0.3 is 0 Å². The fourth-order valence-electron chi connectivity index (χ4n) is 2.56. The van der Waals surface area contributed by atoms with Gasteiger partial charge in [-0.05, 0) is 17.9 Å². The van der Waals surface area contributed by atoms with Crippen LogP contribution in [0.2, 0.25) is 0 Å². The molecular weight excluding hydrogens is 240 g/mol. The molecular formula is C15H22N2O2. The molecule has 0 unspecified atom stereocenters. The van der Waals surface area contributed by atoms with Gasteiger partial charge in [-0.25, -0.2) is 0 Å². The maximum absolute atomic E-state index is 11.1. The van der Waals surface area contributed by atoms with Gasteiger partial charge in [0.15, 0.2) is 0 Å². The number of ether oxygens (including phenoxy) is 1. The van der Waals surface area contributed by atoms with E-state index in [0.29, 0.717) is 19.1 Å². The lowest BCUT2D eigenvalue weighted by Gasteiger charge is -2.33. The van der Waals surface area contributed by atoms with Gasteiger partial charge in [0, 0.05) is 19.6 Å². The van der Waals surface area contributed by atoms with Gasteiger partial charge in [0.1, 0.15) is 6.10 Å². The van der Waals surface area contributed by atoms with Crippen LogP contribution in [-0.4, -0.2) is 43.2 Å². The number of primary amides is 1. The standard InChI is InChI=1S/C15H22N2O2/c1-12(9-13-5-3-2-4-6-13)10-17-7-8-19-14(11-17)15(16)18/h2-6,12,14H,7-11H2,1H3,(H2,16,18)/t12-,14+/m0/s1. The average Bonchev–Trinajstić information content (AvgIpc) is 2.40. The Kier molecular flexibility index (Phi) is 4.93. The smallest absolute Gasteiger partial charge is 0.247 e. The number of carbonyl (C=O) groups excluding carboxylic acids is 1. The molecule has 2 N–H and O–H groups in total. The predicted octanol–water partition coefficient (Wildman–Crippen LogP) is 1.05. The molecule has 1 aromatic rings. The van der Waals surface area contributed by atoms with E-state index in [2.05, 4.69) is 36.1 Å². The van der Waals surface area contributed by atoms with Gasteiger partial charge < -0.3 is 10.5 Å². The van der Waals surface area contributed by atoms with Crippen LogP contribution >= 0.6 is 0 Å². The van der Waals surface area contributed by atoms with E-state index >= 15 is 0 Å². The summed E-state index contributed by atoms with van der Waals surface area (Å²) in [6.45, 7) is 5.30. The number of amides is 1.